The maximum Gasteiger partial charge on any atom is 0.242 e. The number of amides is 2. The van der Waals surface area contributed by atoms with Crippen LogP contribution >= 0.6 is 0 Å². The summed E-state index contributed by atoms with van der Waals surface area (Å²) in [4.78, 5) is 25.0. The summed E-state index contributed by atoms with van der Waals surface area (Å²) in [6.07, 6.45) is 2.02. The summed E-state index contributed by atoms with van der Waals surface area (Å²) in [6, 6.07) is -0.319. The third kappa shape index (κ3) is 3.96. The lowest BCUT2D eigenvalue weighted by Gasteiger charge is -2.26. The first-order valence-electron chi connectivity index (χ1n) is 6.63. The van der Waals surface area contributed by atoms with Crippen molar-refractivity contribution in [3.8, 4) is 0 Å². The predicted octanol–water partition coefficient (Wildman–Crippen LogP) is -0.896. The number of nitrogens with zero attached hydrogens (tertiary/aromatic N) is 1. The molecule has 2 N–H and O–H groups in total. The second kappa shape index (κ2) is 6.70. The lowest BCUT2D eigenvalue weighted by molar-refractivity contribution is -0.125. The van der Waals surface area contributed by atoms with E-state index in [1.165, 1.54) is 0 Å². The van der Waals surface area contributed by atoms with Gasteiger partial charge in [-0.1, -0.05) is 0 Å². The first-order valence-corrected chi connectivity index (χ1v) is 6.63. The molecule has 0 spiro atoms. The van der Waals surface area contributed by atoms with Crippen LogP contribution in [0.25, 0.3) is 0 Å². The molecule has 2 heterocycles. The van der Waals surface area contributed by atoms with Crippen molar-refractivity contribution in [3.63, 3.8) is 0 Å². The lowest BCUT2D eigenvalue weighted by atomic mass is 10.2. The highest BCUT2D eigenvalue weighted by Crippen LogP contribution is 2.06. The van der Waals surface area contributed by atoms with Crippen molar-refractivity contribution < 1.29 is 14.3 Å². The van der Waals surface area contributed by atoms with Gasteiger partial charge in [0.2, 0.25) is 11.8 Å². The number of rotatable bonds is 5. The fourth-order valence-electron chi connectivity index (χ4n) is 2.27. The van der Waals surface area contributed by atoms with Gasteiger partial charge < -0.3 is 15.4 Å². The molecular weight excluding hydrogens is 234 g/mol. The number of carbonyl (C=O) groups is 2. The highest BCUT2D eigenvalue weighted by atomic mass is 16.5. The van der Waals surface area contributed by atoms with Crippen LogP contribution in [0.2, 0.25) is 0 Å². The summed E-state index contributed by atoms with van der Waals surface area (Å²) in [7, 11) is 0. The number of nitrogens with one attached hydrogen (secondary N) is 2. The highest BCUT2D eigenvalue weighted by Gasteiger charge is 2.26. The predicted molar refractivity (Wildman–Crippen MR) is 66.1 cm³/mol. The largest absolute Gasteiger partial charge is 0.379 e. The molecule has 0 aromatic carbocycles. The van der Waals surface area contributed by atoms with Gasteiger partial charge in [-0.2, -0.15) is 0 Å². The second-order valence-corrected chi connectivity index (χ2v) is 4.76. The number of carbonyl (C=O) groups excluding carboxylic acids is 2. The van der Waals surface area contributed by atoms with Crippen LogP contribution in [0.5, 0.6) is 0 Å². The summed E-state index contributed by atoms with van der Waals surface area (Å²) in [5.41, 5.74) is 0. The maximum atomic E-state index is 11.7. The Morgan fingerprint density at radius 2 is 2.22 bits per heavy atom. The van der Waals surface area contributed by atoms with E-state index in [0.717, 1.165) is 39.3 Å². The van der Waals surface area contributed by atoms with Gasteiger partial charge in [0.25, 0.3) is 0 Å². The summed E-state index contributed by atoms with van der Waals surface area (Å²) in [5.74, 6) is -0.0775. The monoisotopic (exact) mass is 255 g/mol. The molecule has 102 valence electrons. The fourth-order valence-corrected chi connectivity index (χ4v) is 2.27. The molecule has 6 nitrogen and oxygen atoms in total. The smallest absolute Gasteiger partial charge is 0.242 e. The minimum absolute atomic E-state index is 0.0246. The van der Waals surface area contributed by atoms with Crippen LogP contribution in [0.3, 0.4) is 0 Å². The van der Waals surface area contributed by atoms with Crippen LogP contribution in [0, 0.1) is 0 Å². The van der Waals surface area contributed by atoms with E-state index in [1.807, 2.05) is 0 Å². The van der Waals surface area contributed by atoms with E-state index in [2.05, 4.69) is 15.5 Å². The van der Waals surface area contributed by atoms with Crippen LogP contribution < -0.4 is 10.6 Å². The number of morpholine rings is 1. The Hall–Kier alpha value is -1.14. The Morgan fingerprint density at radius 1 is 1.44 bits per heavy atom. The molecule has 0 aliphatic carbocycles. The third-order valence-electron chi connectivity index (χ3n) is 3.37. The van der Waals surface area contributed by atoms with Crippen molar-refractivity contribution in [1.82, 2.24) is 15.5 Å². The Kier molecular flexibility index (Phi) is 4.95. The minimum Gasteiger partial charge on any atom is -0.379 e. The maximum absolute atomic E-state index is 11.7. The van der Waals surface area contributed by atoms with Gasteiger partial charge in [0, 0.05) is 26.1 Å². The minimum atomic E-state index is -0.319. The number of hydrogen-bond acceptors (Lipinski definition) is 4. The van der Waals surface area contributed by atoms with Crippen molar-refractivity contribution in [3.05, 3.63) is 0 Å². The summed E-state index contributed by atoms with van der Waals surface area (Å²) in [6.45, 7) is 5.23. The Bertz CT molecular complexity index is 303. The van der Waals surface area contributed by atoms with Crippen LogP contribution in [0.1, 0.15) is 19.3 Å². The van der Waals surface area contributed by atoms with Crippen LogP contribution in [-0.4, -0.2) is 62.1 Å². The van der Waals surface area contributed by atoms with Crippen molar-refractivity contribution in [2.45, 2.75) is 25.3 Å². The average molecular weight is 255 g/mol. The van der Waals surface area contributed by atoms with E-state index in [-0.39, 0.29) is 17.9 Å². The second-order valence-electron chi connectivity index (χ2n) is 4.76. The average Bonchev–Trinajstić information content (AvgIpc) is 2.82. The zero-order chi connectivity index (χ0) is 12.8. The Labute approximate surface area is 107 Å². The molecule has 0 bridgehead atoms. The van der Waals surface area contributed by atoms with Gasteiger partial charge in [-0.05, 0) is 19.4 Å². The van der Waals surface area contributed by atoms with Crippen LogP contribution in [0.4, 0.5) is 0 Å². The third-order valence-corrected chi connectivity index (χ3v) is 3.37. The first-order chi connectivity index (χ1) is 8.75. The molecule has 0 aromatic heterocycles. The molecule has 0 radical (unpaired) electrons. The molecular formula is C12H21N3O3. The van der Waals surface area contributed by atoms with E-state index in [0.29, 0.717) is 19.4 Å². The first kappa shape index (κ1) is 13.3. The molecule has 2 amide bonds. The molecule has 0 aromatic rings. The molecule has 6 heteroatoms. The highest BCUT2D eigenvalue weighted by molar-refractivity contribution is 5.90. The van der Waals surface area contributed by atoms with Gasteiger partial charge in [0.05, 0.1) is 13.2 Å². The van der Waals surface area contributed by atoms with Gasteiger partial charge in [-0.15, -0.1) is 0 Å². The molecule has 1 atom stereocenters. The van der Waals surface area contributed by atoms with Crippen molar-refractivity contribution in [1.29, 1.82) is 0 Å². The fraction of sp³-hybridized carbons (Fsp3) is 0.833. The normalized spacial score (nSPS) is 24.9. The number of hydrogen-bond donors (Lipinski definition) is 2. The molecule has 18 heavy (non-hydrogen) atoms. The van der Waals surface area contributed by atoms with Gasteiger partial charge >= 0.3 is 0 Å². The van der Waals surface area contributed by atoms with E-state index in [4.69, 9.17) is 4.74 Å². The quantitative estimate of drug-likeness (QED) is 0.625. The Morgan fingerprint density at radius 3 is 2.89 bits per heavy atom. The van der Waals surface area contributed by atoms with Crippen LogP contribution in [-0.2, 0) is 14.3 Å². The molecule has 2 saturated heterocycles. The standard InChI is InChI=1S/C12H21N3O3/c16-11-3-2-10(14-11)12(17)13-4-1-5-15-6-8-18-9-7-15/h10H,1-9H2,(H,13,17)(H,14,16). The molecule has 2 aliphatic rings. The lowest BCUT2D eigenvalue weighted by Crippen LogP contribution is -2.43. The van der Waals surface area contributed by atoms with E-state index < -0.39 is 0 Å². The SMILES string of the molecule is O=C1CCC(C(=O)NCCCN2CCOCC2)N1. The van der Waals surface area contributed by atoms with E-state index in [1.54, 1.807) is 0 Å². The van der Waals surface area contributed by atoms with Crippen molar-refractivity contribution in [2.24, 2.45) is 0 Å². The zero-order valence-corrected chi connectivity index (χ0v) is 10.6. The van der Waals surface area contributed by atoms with Gasteiger partial charge in [0.1, 0.15) is 6.04 Å². The van der Waals surface area contributed by atoms with E-state index >= 15 is 0 Å². The van der Waals surface area contributed by atoms with Gasteiger partial charge in [0.15, 0.2) is 0 Å². The van der Waals surface area contributed by atoms with E-state index in [9.17, 15) is 9.59 Å². The molecule has 2 rings (SSSR count). The molecule has 2 aliphatic heterocycles. The van der Waals surface area contributed by atoms with Crippen molar-refractivity contribution in [2.75, 3.05) is 39.4 Å². The van der Waals surface area contributed by atoms with Crippen molar-refractivity contribution >= 4 is 11.8 Å². The Balaban J connectivity index is 1.54. The molecule has 1 unspecified atom stereocenters. The summed E-state index contributed by atoms with van der Waals surface area (Å²) >= 11 is 0. The van der Waals surface area contributed by atoms with Crippen LogP contribution in [0.15, 0.2) is 0 Å². The summed E-state index contributed by atoms with van der Waals surface area (Å²) in [5, 5.41) is 5.54. The molecule has 0 saturated carbocycles. The number of ether oxygens (including phenoxy) is 1. The van der Waals surface area contributed by atoms with Gasteiger partial charge in [-0.3, -0.25) is 14.5 Å². The molecule has 2 fully saturated rings. The zero-order valence-electron chi connectivity index (χ0n) is 10.6. The summed E-state index contributed by atoms with van der Waals surface area (Å²) < 4.78 is 5.27. The van der Waals surface area contributed by atoms with Gasteiger partial charge in [-0.25, -0.2) is 0 Å². The topological polar surface area (TPSA) is 70.7 Å².